The number of pyridine rings is 1. The first-order valence-corrected chi connectivity index (χ1v) is 9.67. The summed E-state index contributed by atoms with van der Waals surface area (Å²) in [4.78, 5) is 23.6. The summed E-state index contributed by atoms with van der Waals surface area (Å²) in [7, 11) is 0. The lowest BCUT2D eigenvalue weighted by Crippen LogP contribution is -2.44. The Morgan fingerprint density at radius 2 is 2.14 bits per heavy atom. The smallest absolute Gasteiger partial charge is 0.237 e. The van der Waals surface area contributed by atoms with E-state index >= 15 is 0 Å². The Balaban J connectivity index is 1.35. The summed E-state index contributed by atoms with van der Waals surface area (Å²) in [5.41, 5.74) is 1.15. The van der Waals surface area contributed by atoms with Crippen molar-refractivity contribution in [2.24, 2.45) is 5.16 Å². The van der Waals surface area contributed by atoms with Crippen LogP contribution < -0.4 is 5.32 Å². The van der Waals surface area contributed by atoms with Gasteiger partial charge in [-0.05, 0) is 50.7 Å². The number of carbonyl (C=O) groups excluding carboxylic acids is 1. The lowest BCUT2D eigenvalue weighted by molar-refractivity contribution is -0.130. The summed E-state index contributed by atoms with van der Waals surface area (Å²) in [5.74, 6) is 0.0157. The molecule has 0 bridgehead atoms. The number of hydrogen-bond acceptors (Lipinski definition) is 7. The van der Waals surface area contributed by atoms with E-state index in [1.54, 1.807) is 23.2 Å². The molecule has 1 amide bonds. The molecule has 1 saturated carbocycles. The van der Waals surface area contributed by atoms with Gasteiger partial charge in [0.15, 0.2) is 0 Å². The van der Waals surface area contributed by atoms with Gasteiger partial charge in [0.05, 0.1) is 30.1 Å². The van der Waals surface area contributed by atoms with Crippen LogP contribution in [0.15, 0.2) is 23.5 Å². The Morgan fingerprint density at radius 1 is 1.32 bits per heavy atom. The third kappa shape index (κ3) is 5.28. The molecule has 0 radical (unpaired) electrons. The number of hydrogen-bond donors (Lipinski definition) is 1. The van der Waals surface area contributed by atoms with Gasteiger partial charge in [-0.2, -0.15) is 10.5 Å². The molecule has 1 aliphatic heterocycles. The standard InChI is InChI=1S/C20H24N6O2/c21-10-15-3-4-17(23-12-15)13-25-28-19-7-5-16(6-8-19)24-14-20(27)26-9-1-2-18(26)11-22/h3-4,12-13,16,18-19,24H,1-2,5-9,14H2. The van der Waals surface area contributed by atoms with E-state index in [-0.39, 0.29) is 30.6 Å². The first-order chi connectivity index (χ1) is 13.7. The monoisotopic (exact) mass is 380 g/mol. The lowest BCUT2D eigenvalue weighted by Gasteiger charge is -2.28. The maximum absolute atomic E-state index is 12.3. The van der Waals surface area contributed by atoms with E-state index in [0.717, 1.165) is 38.5 Å². The van der Waals surface area contributed by atoms with Crippen molar-refractivity contribution in [3.8, 4) is 12.1 Å². The van der Waals surface area contributed by atoms with Gasteiger partial charge in [-0.25, -0.2) is 0 Å². The Hall–Kier alpha value is -2.97. The van der Waals surface area contributed by atoms with E-state index in [9.17, 15) is 4.79 Å². The van der Waals surface area contributed by atoms with Crippen LogP contribution in [0.3, 0.4) is 0 Å². The maximum Gasteiger partial charge on any atom is 0.237 e. The van der Waals surface area contributed by atoms with Crippen LogP contribution in [-0.2, 0) is 9.63 Å². The zero-order valence-corrected chi connectivity index (χ0v) is 15.8. The number of nitriles is 2. The fourth-order valence-corrected chi connectivity index (χ4v) is 3.62. The number of oxime groups is 1. The summed E-state index contributed by atoms with van der Waals surface area (Å²) in [6, 6.07) is 7.66. The molecule has 1 aromatic heterocycles. The highest BCUT2D eigenvalue weighted by Gasteiger charge is 2.29. The average Bonchev–Trinajstić information content (AvgIpc) is 3.22. The number of rotatable bonds is 6. The molecule has 1 aliphatic carbocycles. The van der Waals surface area contributed by atoms with Gasteiger partial charge < -0.3 is 15.1 Å². The number of nitrogens with zero attached hydrogens (tertiary/aromatic N) is 5. The molecule has 1 saturated heterocycles. The van der Waals surface area contributed by atoms with Crippen molar-refractivity contribution < 1.29 is 9.63 Å². The van der Waals surface area contributed by atoms with E-state index < -0.39 is 0 Å². The van der Waals surface area contributed by atoms with Crippen molar-refractivity contribution >= 4 is 12.1 Å². The second-order valence-electron chi connectivity index (χ2n) is 7.15. The summed E-state index contributed by atoms with van der Waals surface area (Å²) in [5, 5.41) is 25.2. The normalized spacial score (nSPS) is 24.6. The Bertz CT molecular complexity index is 771. The SMILES string of the molecule is N#Cc1ccc(C=NOC2CCC(NCC(=O)N3CCCC3C#N)CC2)nc1. The molecule has 3 rings (SSSR count). The van der Waals surface area contributed by atoms with E-state index in [4.69, 9.17) is 15.4 Å². The van der Waals surface area contributed by atoms with Crippen LogP contribution in [0.25, 0.3) is 0 Å². The highest BCUT2D eigenvalue weighted by atomic mass is 16.6. The van der Waals surface area contributed by atoms with Gasteiger partial charge >= 0.3 is 0 Å². The molecule has 1 aromatic rings. The minimum absolute atomic E-state index is 0.0157. The second kappa shape index (κ2) is 9.82. The van der Waals surface area contributed by atoms with Crippen LogP contribution >= 0.6 is 0 Å². The van der Waals surface area contributed by atoms with Crippen molar-refractivity contribution in [2.75, 3.05) is 13.1 Å². The molecule has 2 aliphatic rings. The molecule has 8 nitrogen and oxygen atoms in total. The molecular weight excluding hydrogens is 356 g/mol. The Kier molecular flexibility index (Phi) is 6.94. The number of aromatic nitrogens is 1. The topological polar surface area (TPSA) is 114 Å². The van der Waals surface area contributed by atoms with Gasteiger partial charge in [0, 0.05) is 18.8 Å². The van der Waals surface area contributed by atoms with Gasteiger partial charge in [-0.3, -0.25) is 9.78 Å². The van der Waals surface area contributed by atoms with Gasteiger partial charge in [-0.15, -0.1) is 0 Å². The van der Waals surface area contributed by atoms with Crippen LogP contribution in [0.4, 0.5) is 0 Å². The molecule has 1 N–H and O–H groups in total. The van der Waals surface area contributed by atoms with Gasteiger partial charge in [-0.1, -0.05) is 5.16 Å². The van der Waals surface area contributed by atoms with Gasteiger partial charge in [0.25, 0.3) is 0 Å². The third-order valence-electron chi connectivity index (χ3n) is 5.25. The van der Waals surface area contributed by atoms with Crippen LogP contribution in [0, 0.1) is 22.7 Å². The summed E-state index contributed by atoms with van der Waals surface area (Å²) in [6.45, 7) is 0.975. The molecule has 28 heavy (non-hydrogen) atoms. The number of carbonyl (C=O) groups is 1. The molecule has 1 unspecified atom stereocenters. The molecule has 2 fully saturated rings. The minimum atomic E-state index is -0.262. The highest BCUT2D eigenvalue weighted by Crippen LogP contribution is 2.22. The van der Waals surface area contributed by atoms with Gasteiger partial charge in [0.2, 0.25) is 5.91 Å². The number of likely N-dealkylation sites (tertiary alicyclic amines) is 1. The number of nitrogens with one attached hydrogen (secondary N) is 1. The summed E-state index contributed by atoms with van der Waals surface area (Å²) in [6.07, 6.45) is 8.38. The average molecular weight is 380 g/mol. The van der Waals surface area contributed by atoms with Crippen LogP contribution in [0.5, 0.6) is 0 Å². The second-order valence-corrected chi connectivity index (χ2v) is 7.15. The quantitative estimate of drug-likeness (QED) is 0.594. The zero-order valence-electron chi connectivity index (χ0n) is 15.8. The molecule has 146 valence electrons. The predicted molar refractivity (Wildman–Crippen MR) is 102 cm³/mol. The third-order valence-corrected chi connectivity index (χ3v) is 5.25. The Morgan fingerprint density at radius 3 is 2.82 bits per heavy atom. The maximum atomic E-state index is 12.3. The fraction of sp³-hybridized carbons (Fsp3) is 0.550. The number of amides is 1. The fourth-order valence-electron chi connectivity index (χ4n) is 3.62. The van der Waals surface area contributed by atoms with E-state index in [0.29, 0.717) is 17.8 Å². The zero-order chi connectivity index (χ0) is 19.8. The van der Waals surface area contributed by atoms with Crippen molar-refractivity contribution in [3.63, 3.8) is 0 Å². The molecular formula is C20H24N6O2. The summed E-state index contributed by atoms with van der Waals surface area (Å²) >= 11 is 0. The van der Waals surface area contributed by atoms with Crippen molar-refractivity contribution in [1.29, 1.82) is 10.5 Å². The molecule has 1 atom stereocenters. The molecule has 0 spiro atoms. The van der Waals surface area contributed by atoms with Crippen LogP contribution in [0.2, 0.25) is 0 Å². The molecule has 2 heterocycles. The van der Waals surface area contributed by atoms with Crippen molar-refractivity contribution in [1.82, 2.24) is 15.2 Å². The van der Waals surface area contributed by atoms with Gasteiger partial charge in [0.1, 0.15) is 18.2 Å². The van der Waals surface area contributed by atoms with Crippen LogP contribution in [0.1, 0.15) is 49.8 Å². The van der Waals surface area contributed by atoms with Crippen molar-refractivity contribution in [2.45, 2.75) is 56.7 Å². The largest absolute Gasteiger partial charge is 0.392 e. The minimum Gasteiger partial charge on any atom is -0.392 e. The van der Waals surface area contributed by atoms with E-state index in [1.165, 1.54) is 6.20 Å². The highest BCUT2D eigenvalue weighted by molar-refractivity contribution is 5.79. The van der Waals surface area contributed by atoms with Crippen molar-refractivity contribution in [3.05, 3.63) is 29.6 Å². The summed E-state index contributed by atoms with van der Waals surface area (Å²) < 4.78 is 0. The van der Waals surface area contributed by atoms with Crippen LogP contribution in [-0.4, -0.2) is 53.3 Å². The van der Waals surface area contributed by atoms with E-state index in [2.05, 4.69) is 21.5 Å². The predicted octanol–water partition coefficient (Wildman–Crippen LogP) is 1.72. The first-order valence-electron chi connectivity index (χ1n) is 9.67. The first kappa shape index (κ1) is 19.8. The molecule has 0 aromatic carbocycles. The molecule has 8 heteroatoms. The van der Waals surface area contributed by atoms with E-state index in [1.807, 2.05) is 6.07 Å². The Labute approximate surface area is 164 Å². The lowest BCUT2D eigenvalue weighted by atomic mass is 9.93.